The molecule has 50 heavy (non-hydrogen) atoms. The summed E-state index contributed by atoms with van der Waals surface area (Å²) >= 11 is 0. The van der Waals surface area contributed by atoms with Gasteiger partial charge in [-0.1, -0.05) is 76.2 Å². The number of fused-ring (bicyclic) bond motifs is 4. The first-order valence-electron chi connectivity index (χ1n) is 17.7. The lowest BCUT2D eigenvalue weighted by molar-refractivity contribution is 0.217. The molecule has 0 aromatic heterocycles. The fourth-order valence-corrected chi connectivity index (χ4v) is 6.87. The van der Waals surface area contributed by atoms with Crippen molar-refractivity contribution >= 4 is 11.8 Å². The van der Waals surface area contributed by atoms with Gasteiger partial charge in [-0.05, 0) is 83.6 Å². The molecule has 0 N–H and O–H groups in total. The molecule has 7 aliphatic rings. The lowest BCUT2D eigenvalue weighted by atomic mass is 9.78. The van der Waals surface area contributed by atoms with Crippen molar-refractivity contribution in [1.82, 2.24) is 0 Å². The van der Waals surface area contributed by atoms with E-state index in [4.69, 9.17) is 38.4 Å². The number of rotatable bonds is 2. The fourth-order valence-electron chi connectivity index (χ4n) is 6.87. The maximum Gasteiger partial charge on any atom is 0.199 e. The van der Waals surface area contributed by atoms with E-state index in [9.17, 15) is 0 Å². The molecule has 12 bridgehead atoms. The maximum atomic E-state index is 6.30. The van der Waals surface area contributed by atoms with Crippen LogP contribution in [0.15, 0.2) is 107 Å². The van der Waals surface area contributed by atoms with E-state index in [1.54, 1.807) is 0 Å². The summed E-state index contributed by atoms with van der Waals surface area (Å²) < 4.78 is 36.6. The van der Waals surface area contributed by atoms with Gasteiger partial charge in [0.15, 0.2) is 11.8 Å². The predicted molar refractivity (Wildman–Crippen MR) is 195 cm³/mol. The average molecular weight is 675 g/mol. The van der Waals surface area contributed by atoms with Crippen LogP contribution in [0.25, 0.3) is 0 Å². The van der Waals surface area contributed by atoms with Crippen molar-refractivity contribution in [3.8, 4) is 23.0 Å². The second-order valence-corrected chi connectivity index (χ2v) is 13.5. The van der Waals surface area contributed by atoms with Crippen LogP contribution in [0.5, 0.6) is 23.0 Å². The third-order valence-electron chi connectivity index (χ3n) is 10.3. The van der Waals surface area contributed by atoms with Crippen LogP contribution in [-0.2, 0) is 14.9 Å². The predicted octanol–water partition coefficient (Wildman–Crippen LogP) is 8.69. The van der Waals surface area contributed by atoms with Gasteiger partial charge in [0.05, 0.1) is 0 Å². The third kappa shape index (κ3) is 6.89. The van der Waals surface area contributed by atoms with Gasteiger partial charge in [0.2, 0.25) is 0 Å². The molecule has 4 aromatic carbocycles. The molecule has 0 radical (unpaired) electrons. The number of benzene rings is 4. The van der Waals surface area contributed by atoms with Gasteiger partial charge < -0.3 is 28.4 Å². The van der Waals surface area contributed by atoms with Gasteiger partial charge in [0.1, 0.15) is 80.1 Å². The van der Waals surface area contributed by atoms with Crippen LogP contribution in [0.2, 0.25) is 0 Å². The Morgan fingerprint density at radius 3 is 1.12 bits per heavy atom. The highest BCUT2D eigenvalue weighted by Gasteiger charge is 2.46. The van der Waals surface area contributed by atoms with Crippen LogP contribution in [0.4, 0.5) is 0 Å². The van der Waals surface area contributed by atoms with E-state index in [1.807, 2.05) is 48.5 Å². The summed E-state index contributed by atoms with van der Waals surface area (Å²) in [6.45, 7) is 11.5. The Morgan fingerprint density at radius 1 is 0.480 bits per heavy atom. The van der Waals surface area contributed by atoms with Gasteiger partial charge in [-0.25, -0.2) is 9.98 Å². The Hall–Kier alpha value is -4.98. The van der Waals surface area contributed by atoms with Crippen molar-refractivity contribution in [3.63, 3.8) is 0 Å². The monoisotopic (exact) mass is 674 g/mol. The molecule has 0 fully saturated rings. The van der Waals surface area contributed by atoms with E-state index >= 15 is 0 Å². The molecule has 0 amide bonds. The average Bonchev–Trinajstić information content (AvgIpc) is 3.86. The Morgan fingerprint density at radius 2 is 0.800 bits per heavy atom. The Kier molecular flexibility index (Phi) is 9.70. The minimum absolute atomic E-state index is 0.100. The highest BCUT2D eigenvalue weighted by Crippen LogP contribution is 2.41. The Bertz CT molecular complexity index is 1660. The van der Waals surface area contributed by atoms with Crippen molar-refractivity contribution in [3.05, 3.63) is 119 Å². The van der Waals surface area contributed by atoms with Crippen LogP contribution in [0.3, 0.4) is 0 Å². The van der Waals surface area contributed by atoms with E-state index < -0.39 is 5.41 Å². The standard InChI is InChI=1S/C42H46N2O6/c1-5-42(6-2)39-43-37(27-49-39)29-7-15-33(16-8-29)45-23-25-47-35-19-11-31(12-20-35)41(3,4)32-13-21-36(22-14-32)48-26-24-46-34-17-9-30(10-18-34)38-28-50-40(42)44-38/h7-22,37-38H,5-6,23-28H2,1-4H3/t37-,38-/m1/s1. The third-order valence-corrected chi connectivity index (χ3v) is 10.3. The molecule has 0 saturated heterocycles. The molecule has 8 nitrogen and oxygen atoms in total. The molecule has 4 aromatic rings. The zero-order chi connectivity index (χ0) is 34.6. The van der Waals surface area contributed by atoms with E-state index in [2.05, 4.69) is 76.2 Å². The van der Waals surface area contributed by atoms with Crippen molar-refractivity contribution in [1.29, 1.82) is 0 Å². The molecule has 7 heterocycles. The normalized spacial score (nSPS) is 21.2. The minimum atomic E-state index is -0.509. The van der Waals surface area contributed by atoms with Gasteiger partial charge in [0.25, 0.3) is 0 Å². The molecular formula is C42H46N2O6. The van der Waals surface area contributed by atoms with Crippen molar-refractivity contribution < 1.29 is 28.4 Å². The lowest BCUT2D eigenvalue weighted by Crippen LogP contribution is -2.39. The second-order valence-electron chi connectivity index (χ2n) is 13.5. The van der Waals surface area contributed by atoms with Crippen LogP contribution in [0.1, 0.15) is 74.9 Å². The SMILES string of the molecule is CCC1(CC)C2=N[C@H](CO2)c2ccc(cc2)OCCOc2ccc(cc2)C(C)(C)c2ccc(cc2)OCCOc2ccc(cc2)[C@H]2COC1=N2. The first kappa shape index (κ1) is 33.5. The zero-order valence-electron chi connectivity index (χ0n) is 29.4. The van der Waals surface area contributed by atoms with E-state index in [0.717, 1.165) is 47.0 Å². The number of nitrogens with zero attached hydrogens (tertiary/aromatic N) is 2. The van der Waals surface area contributed by atoms with Gasteiger partial charge in [0, 0.05) is 5.41 Å². The van der Waals surface area contributed by atoms with Crippen molar-refractivity contribution in [2.45, 2.75) is 58.0 Å². The Balaban J connectivity index is 1.11. The number of hydrogen-bond donors (Lipinski definition) is 0. The molecule has 260 valence electrons. The fraction of sp³-hybridized carbons (Fsp3) is 0.381. The molecule has 11 rings (SSSR count). The molecule has 2 atom stereocenters. The first-order chi connectivity index (χ1) is 24.4. The summed E-state index contributed by atoms with van der Waals surface area (Å²) in [6, 6.07) is 32.6. The number of ether oxygens (including phenoxy) is 6. The van der Waals surface area contributed by atoms with Crippen LogP contribution < -0.4 is 18.9 Å². The minimum Gasteiger partial charge on any atom is -0.490 e. The summed E-state index contributed by atoms with van der Waals surface area (Å²) in [6.07, 6.45) is 1.55. The molecular weight excluding hydrogens is 628 g/mol. The molecule has 7 aliphatic heterocycles. The highest BCUT2D eigenvalue weighted by atomic mass is 16.5. The maximum absolute atomic E-state index is 6.30. The molecule has 0 spiro atoms. The summed E-state index contributed by atoms with van der Waals surface area (Å²) in [5, 5.41) is 0. The van der Waals surface area contributed by atoms with E-state index in [-0.39, 0.29) is 17.5 Å². The summed E-state index contributed by atoms with van der Waals surface area (Å²) in [4.78, 5) is 10.2. The topological polar surface area (TPSA) is 80.1 Å². The summed E-state index contributed by atoms with van der Waals surface area (Å²) in [5.74, 6) is 4.60. The number of aliphatic imine (C=N–C) groups is 2. The molecule has 8 heteroatoms. The summed E-state index contributed by atoms with van der Waals surface area (Å²) in [5.41, 5.74) is 3.86. The molecule has 0 aliphatic carbocycles. The van der Waals surface area contributed by atoms with Crippen molar-refractivity contribution in [2.24, 2.45) is 15.4 Å². The molecule has 0 saturated carbocycles. The van der Waals surface area contributed by atoms with Gasteiger partial charge in [-0.3, -0.25) is 0 Å². The van der Waals surface area contributed by atoms with Gasteiger partial charge in [-0.2, -0.15) is 0 Å². The van der Waals surface area contributed by atoms with E-state index in [0.29, 0.717) is 51.4 Å². The number of hydrogen-bond acceptors (Lipinski definition) is 8. The lowest BCUT2D eigenvalue weighted by Gasteiger charge is -2.29. The highest BCUT2D eigenvalue weighted by molar-refractivity contribution is 6.06. The molecule has 0 unspecified atom stereocenters. The zero-order valence-corrected chi connectivity index (χ0v) is 29.4. The van der Waals surface area contributed by atoms with E-state index in [1.165, 1.54) is 11.1 Å². The summed E-state index contributed by atoms with van der Waals surface area (Å²) in [7, 11) is 0. The smallest absolute Gasteiger partial charge is 0.199 e. The first-order valence-corrected chi connectivity index (χ1v) is 17.7. The van der Waals surface area contributed by atoms with Crippen LogP contribution >= 0.6 is 0 Å². The quantitative estimate of drug-likeness (QED) is 0.212. The Labute approximate surface area is 295 Å². The van der Waals surface area contributed by atoms with Gasteiger partial charge >= 0.3 is 0 Å². The van der Waals surface area contributed by atoms with Crippen LogP contribution in [-0.4, -0.2) is 51.4 Å². The second kappa shape index (κ2) is 14.5. The van der Waals surface area contributed by atoms with Crippen LogP contribution in [0, 0.1) is 5.41 Å². The van der Waals surface area contributed by atoms with Crippen molar-refractivity contribution in [2.75, 3.05) is 39.6 Å². The van der Waals surface area contributed by atoms with Gasteiger partial charge in [-0.15, -0.1) is 0 Å². The largest absolute Gasteiger partial charge is 0.490 e.